The van der Waals surface area contributed by atoms with E-state index in [1.54, 1.807) is 29.8 Å². The van der Waals surface area contributed by atoms with Gasteiger partial charge in [0.2, 0.25) is 10.0 Å². The number of benzene rings is 1. The van der Waals surface area contributed by atoms with E-state index in [-0.39, 0.29) is 11.8 Å². The molecule has 0 radical (unpaired) electrons. The fourth-order valence-electron chi connectivity index (χ4n) is 3.81. The molecule has 31 heavy (non-hydrogen) atoms. The van der Waals surface area contributed by atoms with Crippen molar-refractivity contribution in [3.63, 3.8) is 0 Å². The summed E-state index contributed by atoms with van der Waals surface area (Å²) in [5.41, 5.74) is 2.20. The Morgan fingerprint density at radius 1 is 1.26 bits per heavy atom. The van der Waals surface area contributed by atoms with E-state index in [0.717, 1.165) is 11.3 Å². The van der Waals surface area contributed by atoms with Crippen molar-refractivity contribution in [3.8, 4) is 5.75 Å². The molecule has 0 bridgehead atoms. The standard InChI is InChI=1S/C21H25N5O4S/c1-30-18-5-3-4-15(12-18)8-10-22-21(27)17-6-7-19-23-24-20(26(19)14-17)16-9-11-25(13-16)31(2,28)29/h3-7,12,14,16H,8-11,13H2,1-2H3,(H,22,27)/t16-/m0/s1. The van der Waals surface area contributed by atoms with E-state index in [2.05, 4.69) is 15.5 Å². The van der Waals surface area contributed by atoms with Gasteiger partial charge in [-0.1, -0.05) is 12.1 Å². The normalized spacial score (nSPS) is 17.2. The summed E-state index contributed by atoms with van der Waals surface area (Å²) >= 11 is 0. The number of nitrogens with one attached hydrogen (secondary N) is 1. The van der Waals surface area contributed by atoms with Crippen LogP contribution >= 0.6 is 0 Å². The molecule has 1 aliphatic rings. The Bertz CT molecular complexity index is 1210. The van der Waals surface area contributed by atoms with E-state index in [0.29, 0.717) is 49.5 Å². The maximum Gasteiger partial charge on any atom is 0.252 e. The highest BCUT2D eigenvalue weighted by molar-refractivity contribution is 7.88. The molecule has 4 rings (SSSR count). The molecule has 3 heterocycles. The van der Waals surface area contributed by atoms with Gasteiger partial charge in [-0.2, -0.15) is 0 Å². The maximum absolute atomic E-state index is 12.7. The smallest absolute Gasteiger partial charge is 0.252 e. The van der Waals surface area contributed by atoms with Crippen molar-refractivity contribution in [2.75, 3.05) is 33.0 Å². The second-order valence-corrected chi connectivity index (χ2v) is 9.65. The van der Waals surface area contributed by atoms with Gasteiger partial charge in [-0.15, -0.1) is 10.2 Å². The van der Waals surface area contributed by atoms with Crippen LogP contribution in [0.15, 0.2) is 42.6 Å². The van der Waals surface area contributed by atoms with Gasteiger partial charge in [0.25, 0.3) is 5.91 Å². The van der Waals surface area contributed by atoms with Gasteiger partial charge < -0.3 is 10.1 Å². The average molecular weight is 444 g/mol. The molecular formula is C21H25N5O4S. The Hall–Kier alpha value is -2.98. The lowest BCUT2D eigenvalue weighted by Gasteiger charge is -2.12. The van der Waals surface area contributed by atoms with E-state index in [9.17, 15) is 13.2 Å². The second kappa shape index (κ2) is 8.64. The molecule has 9 nitrogen and oxygen atoms in total. The second-order valence-electron chi connectivity index (χ2n) is 7.67. The fraction of sp³-hybridized carbons (Fsp3) is 0.381. The van der Waals surface area contributed by atoms with Gasteiger partial charge in [0.1, 0.15) is 11.6 Å². The first-order valence-electron chi connectivity index (χ1n) is 10.1. The summed E-state index contributed by atoms with van der Waals surface area (Å²) < 4.78 is 32.1. The number of carbonyl (C=O) groups is 1. The SMILES string of the molecule is COc1cccc(CCNC(=O)c2ccc3nnc([C@H]4CCN(S(C)(=O)=O)C4)n3c2)c1. The van der Waals surface area contributed by atoms with Crippen molar-refractivity contribution in [1.82, 2.24) is 24.2 Å². The lowest BCUT2D eigenvalue weighted by atomic mass is 10.1. The van der Waals surface area contributed by atoms with Gasteiger partial charge in [0.05, 0.1) is 18.9 Å². The molecule has 1 aromatic carbocycles. The zero-order chi connectivity index (χ0) is 22.0. The van der Waals surface area contributed by atoms with Gasteiger partial charge in [-0.3, -0.25) is 9.20 Å². The minimum absolute atomic E-state index is 0.0592. The molecule has 0 aliphatic carbocycles. The molecule has 3 aromatic rings. The Labute approximate surface area is 181 Å². The molecule has 0 saturated carbocycles. The highest BCUT2D eigenvalue weighted by atomic mass is 32.2. The maximum atomic E-state index is 12.7. The van der Waals surface area contributed by atoms with E-state index in [1.165, 1.54) is 10.6 Å². The molecule has 2 aromatic heterocycles. The largest absolute Gasteiger partial charge is 0.497 e. The molecule has 164 valence electrons. The van der Waals surface area contributed by atoms with Crippen molar-refractivity contribution < 1.29 is 17.9 Å². The van der Waals surface area contributed by atoms with Crippen LogP contribution in [0.3, 0.4) is 0 Å². The van der Waals surface area contributed by atoms with Crippen molar-refractivity contribution in [1.29, 1.82) is 0 Å². The molecule has 0 unspecified atom stereocenters. The van der Waals surface area contributed by atoms with E-state index < -0.39 is 10.0 Å². The zero-order valence-corrected chi connectivity index (χ0v) is 18.3. The third-order valence-electron chi connectivity index (χ3n) is 5.51. The number of fused-ring (bicyclic) bond motifs is 1. The zero-order valence-electron chi connectivity index (χ0n) is 17.5. The summed E-state index contributed by atoms with van der Waals surface area (Å²) in [6, 6.07) is 11.2. The number of hydrogen-bond acceptors (Lipinski definition) is 6. The van der Waals surface area contributed by atoms with Gasteiger partial charge in [-0.25, -0.2) is 12.7 Å². The first-order valence-corrected chi connectivity index (χ1v) is 11.9. The van der Waals surface area contributed by atoms with Crippen molar-refractivity contribution in [2.24, 2.45) is 0 Å². The summed E-state index contributed by atoms with van der Waals surface area (Å²) in [7, 11) is -1.61. The third kappa shape index (κ3) is 4.70. The third-order valence-corrected chi connectivity index (χ3v) is 6.78. The molecule has 1 saturated heterocycles. The quantitative estimate of drug-likeness (QED) is 0.593. The summed E-state index contributed by atoms with van der Waals surface area (Å²) in [4.78, 5) is 12.7. The van der Waals surface area contributed by atoms with Crippen LogP contribution in [-0.4, -0.2) is 66.2 Å². The molecule has 1 N–H and O–H groups in total. The minimum atomic E-state index is -3.24. The number of rotatable bonds is 7. The van der Waals surface area contributed by atoms with Gasteiger partial charge in [0, 0.05) is 31.7 Å². The van der Waals surface area contributed by atoms with Crippen LogP contribution in [0.25, 0.3) is 5.65 Å². The van der Waals surface area contributed by atoms with Crippen LogP contribution in [0.5, 0.6) is 5.75 Å². The molecular weight excluding hydrogens is 418 g/mol. The minimum Gasteiger partial charge on any atom is -0.497 e. The lowest BCUT2D eigenvalue weighted by molar-refractivity contribution is 0.0953. The Morgan fingerprint density at radius 3 is 2.84 bits per heavy atom. The molecule has 10 heteroatoms. The number of ether oxygens (including phenoxy) is 1. The number of aromatic nitrogens is 3. The van der Waals surface area contributed by atoms with Crippen LogP contribution in [0.4, 0.5) is 0 Å². The monoisotopic (exact) mass is 443 g/mol. The Balaban J connectivity index is 1.45. The first-order chi connectivity index (χ1) is 14.8. The van der Waals surface area contributed by atoms with Crippen LogP contribution in [0.2, 0.25) is 0 Å². The highest BCUT2D eigenvalue weighted by Crippen LogP contribution is 2.27. The first kappa shape index (κ1) is 21.3. The fourth-order valence-corrected chi connectivity index (χ4v) is 4.70. The molecule has 0 spiro atoms. The topological polar surface area (TPSA) is 106 Å². The summed E-state index contributed by atoms with van der Waals surface area (Å²) in [6.45, 7) is 1.32. The summed E-state index contributed by atoms with van der Waals surface area (Å²) in [5, 5.41) is 11.4. The van der Waals surface area contributed by atoms with Crippen LogP contribution in [-0.2, 0) is 16.4 Å². The predicted octanol–water partition coefficient (Wildman–Crippen LogP) is 1.46. The summed E-state index contributed by atoms with van der Waals surface area (Å²) in [5.74, 6) is 1.22. The van der Waals surface area contributed by atoms with Crippen LogP contribution in [0, 0.1) is 0 Å². The van der Waals surface area contributed by atoms with E-state index in [4.69, 9.17) is 4.74 Å². The van der Waals surface area contributed by atoms with Gasteiger partial charge in [0.15, 0.2) is 5.65 Å². The van der Waals surface area contributed by atoms with E-state index >= 15 is 0 Å². The summed E-state index contributed by atoms with van der Waals surface area (Å²) in [6.07, 6.45) is 4.29. The number of sulfonamides is 1. The Kier molecular flexibility index (Phi) is 5.92. The van der Waals surface area contributed by atoms with Crippen LogP contribution in [0.1, 0.15) is 34.1 Å². The lowest BCUT2D eigenvalue weighted by Crippen LogP contribution is -2.27. The van der Waals surface area contributed by atoms with Gasteiger partial charge >= 0.3 is 0 Å². The average Bonchev–Trinajstić information content (AvgIpc) is 3.40. The number of carbonyl (C=O) groups excluding carboxylic acids is 1. The molecule has 1 aliphatic heterocycles. The number of pyridine rings is 1. The van der Waals surface area contributed by atoms with Gasteiger partial charge in [-0.05, 0) is 42.7 Å². The molecule has 1 atom stereocenters. The van der Waals surface area contributed by atoms with Crippen molar-refractivity contribution in [3.05, 3.63) is 59.5 Å². The van der Waals surface area contributed by atoms with Crippen LogP contribution < -0.4 is 10.1 Å². The van der Waals surface area contributed by atoms with Crippen molar-refractivity contribution in [2.45, 2.75) is 18.8 Å². The van der Waals surface area contributed by atoms with E-state index in [1.807, 2.05) is 24.3 Å². The Morgan fingerprint density at radius 2 is 2.10 bits per heavy atom. The number of hydrogen-bond donors (Lipinski definition) is 1. The predicted molar refractivity (Wildman–Crippen MR) is 116 cm³/mol. The number of amides is 1. The highest BCUT2D eigenvalue weighted by Gasteiger charge is 2.32. The number of methoxy groups -OCH3 is 1. The molecule has 1 fully saturated rings. The number of nitrogens with zero attached hydrogens (tertiary/aromatic N) is 4. The van der Waals surface area contributed by atoms with Crippen molar-refractivity contribution >= 4 is 21.6 Å². The molecule has 1 amide bonds.